The topological polar surface area (TPSA) is 44.9 Å². The number of aromatic nitrogens is 1. The van der Waals surface area contributed by atoms with Crippen molar-refractivity contribution in [3.63, 3.8) is 0 Å². The van der Waals surface area contributed by atoms with Gasteiger partial charge in [-0.1, -0.05) is 0 Å². The van der Waals surface area contributed by atoms with E-state index in [-0.39, 0.29) is 16.6 Å². The average molecular weight is 379 g/mol. The predicted molar refractivity (Wildman–Crippen MR) is 80.6 cm³/mol. The third-order valence-corrected chi connectivity index (χ3v) is 4.47. The van der Waals surface area contributed by atoms with Crippen LogP contribution in [0.1, 0.15) is 10.6 Å². The summed E-state index contributed by atoms with van der Waals surface area (Å²) >= 11 is 9.13. The average Bonchev–Trinajstić information content (AvgIpc) is 2.64. The predicted octanol–water partition coefficient (Wildman–Crippen LogP) is 4.34. The molecule has 1 heterocycles. The summed E-state index contributed by atoms with van der Waals surface area (Å²) in [6.07, 6.45) is 0.0563. The summed E-state index contributed by atoms with van der Waals surface area (Å²) in [4.78, 5) is 15.5. The Morgan fingerprint density at radius 1 is 1.45 bits per heavy atom. The molecule has 0 unspecified atom stereocenters. The standard InChI is InChI=1S/C12H9BrF2N2OS2/c1-5-10(20-12(19)16-5)4-11(18)17-9-3-7(14)6(13)2-8(9)15/h2-3H,4H2,1H3,(H,16,19)(H,17,18). The summed E-state index contributed by atoms with van der Waals surface area (Å²) in [6.45, 7) is 1.80. The first-order valence-corrected chi connectivity index (χ1v) is 7.51. The van der Waals surface area contributed by atoms with E-state index in [2.05, 4.69) is 26.2 Å². The minimum atomic E-state index is -0.704. The summed E-state index contributed by atoms with van der Waals surface area (Å²) in [5.41, 5.74) is 0.616. The van der Waals surface area contributed by atoms with E-state index in [0.29, 0.717) is 3.95 Å². The molecule has 0 aliphatic heterocycles. The molecule has 0 saturated heterocycles. The van der Waals surface area contributed by atoms with E-state index in [4.69, 9.17) is 12.2 Å². The van der Waals surface area contributed by atoms with Gasteiger partial charge in [0.2, 0.25) is 5.91 Å². The SMILES string of the molecule is Cc1[nH]c(=S)sc1CC(=O)Nc1cc(F)c(Br)cc1F. The Kier molecular flexibility index (Phi) is 4.66. The Hall–Kier alpha value is -1.12. The quantitative estimate of drug-likeness (QED) is 0.616. The van der Waals surface area contributed by atoms with Gasteiger partial charge in [-0.05, 0) is 41.1 Å². The fraction of sp³-hybridized carbons (Fsp3) is 0.167. The number of benzene rings is 1. The van der Waals surface area contributed by atoms with E-state index in [1.165, 1.54) is 11.3 Å². The molecular formula is C12H9BrF2N2OS2. The molecule has 106 valence electrons. The van der Waals surface area contributed by atoms with E-state index < -0.39 is 17.5 Å². The number of anilines is 1. The zero-order valence-electron chi connectivity index (χ0n) is 10.2. The largest absolute Gasteiger partial charge is 0.341 e. The van der Waals surface area contributed by atoms with Crippen LogP contribution in [0.4, 0.5) is 14.5 Å². The molecule has 0 atom stereocenters. The molecule has 2 rings (SSSR count). The molecule has 2 aromatic rings. The van der Waals surface area contributed by atoms with E-state index in [9.17, 15) is 13.6 Å². The van der Waals surface area contributed by atoms with Gasteiger partial charge in [-0.15, -0.1) is 11.3 Å². The first kappa shape index (κ1) is 15.3. The highest BCUT2D eigenvalue weighted by Gasteiger charge is 2.13. The second-order valence-electron chi connectivity index (χ2n) is 4.03. The molecular weight excluding hydrogens is 370 g/mol. The van der Waals surface area contributed by atoms with Gasteiger partial charge in [0.05, 0.1) is 16.6 Å². The smallest absolute Gasteiger partial charge is 0.229 e. The summed E-state index contributed by atoms with van der Waals surface area (Å²) in [5, 5.41) is 2.35. The normalized spacial score (nSPS) is 10.6. The number of nitrogens with one attached hydrogen (secondary N) is 2. The van der Waals surface area contributed by atoms with Crippen LogP contribution in [0.2, 0.25) is 0 Å². The lowest BCUT2D eigenvalue weighted by Crippen LogP contribution is -2.15. The molecule has 20 heavy (non-hydrogen) atoms. The highest BCUT2D eigenvalue weighted by atomic mass is 79.9. The van der Waals surface area contributed by atoms with Gasteiger partial charge in [0.1, 0.15) is 11.6 Å². The second kappa shape index (κ2) is 6.11. The molecule has 1 aromatic carbocycles. The molecule has 1 amide bonds. The van der Waals surface area contributed by atoms with Crippen LogP contribution >= 0.6 is 39.5 Å². The third-order valence-electron chi connectivity index (χ3n) is 2.53. The van der Waals surface area contributed by atoms with Crippen LogP contribution in [0.3, 0.4) is 0 Å². The van der Waals surface area contributed by atoms with Crippen molar-refractivity contribution < 1.29 is 13.6 Å². The van der Waals surface area contributed by atoms with Gasteiger partial charge in [0, 0.05) is 16.6 Å². The van der Waals surface area contributed by atoms with Crippen LogP contribution in [-0.2, 0) is 11.2 Å². The highest BCUT2D eigenvalue weighted by molar-refractivity contribution is 9.10. The molecule has 0 saturated carbocycles. The molecule has 2 N–H and O–H groups in total. The van der Waals surface area contributed by atoms with Crippen molar-refractivity contribution >= 4 is 51.1 Å². The van der Waals surface area contributed by atoms with E-state index in [0.717, 1.165) is 22.7 Å². The Balaban J connectivity index is 2.14. The number of carbonyl (C=O) groups excluding carboxylic acids is 1. The maximum absolute atomic E-state index is 13.6. The number of H-pyrrole nitrogens is 1. The van der Waals surface area contributed by atoms with E-state index in [1.807, 2.05) is 0 Å². The number of rotatable bonds is 3. The molecule has 0 bridgehead atoms. The molecule has 0 aliphatic carbocycles. The zero-order chi connectivity index (χ0) is 14.9. The van der Waals surface area contributed by atoms with Crippen molar-refractivity contribution in [3.8, 4) is 0 Å². The number of aryl methyl sites for hydroxylation is 1. The molecule has 0 radical (unpaired) electrons. The van der Waals surface area contributed by atoms with Crippen molar-refractivity contribution in [1.29, 1.82) is 0 Å². The summed E-state index contributed by atoms with van der Waals surface area (Å²) < 4.78 is 27.5. The number of hydrogen-bond acceptors (Lipinski definition) is 3. The van der Waals surface area contributed by atoms with Gasteiger partial charge in [-0.25, -0.2) is 8.78 Å². The number of carbonyl (C=O) groups is 1. The fourth-order valence-electron chi connectivity index (χ4n) is 1.56. The lowest BCUT2D eigenvalue weighted by atomic mass is 10.2. The van der Waals surface area contributed by atoms with E-state index in [1.54, 1.807) is 6.92 Å². The maximum atomic E-state index is 13.6. The number of thiazole rings is 1. The van der Waals surface area contributed by atoms with Crippen LogP contribution < -0.4 is 5.32 Å². The first-order valence-electron chi connectivity index (χ1n) is 5.50. The highest BCUT2D eigenvalue weighted by Crippen LogP contribution is 2.24. The Bertz CT molecular complexity index is 727. The Labute approximate surface area is 131 Å². The molecule has 3 nitrogen and oxygen atoms in total. The number of amides is 1. The van der Waals surface area contributed by atoms with Crippen molar-refractivity contribution in [2.75, 3.05) is 5.32 Å². The molecule has 8 heteroatoms. The molecule has 1 aromatic heterocycles. The van der Waals surface area contributed by atoms with Crippen LogP contribution in [0.25, 0.3) is 0 Å². The minimum Gasteiger partial charge on any atom is -0.341 e. The van der Waals surface area contributed by atoms with E-state index >= 15 is 0 Å². The Morgan fingerprint density at radius 3 is 2.75 bits per heavy atom. The van der Waals surface area contributed by atoms with Crippen molar-refractivity contribution in [2.24, 2.45) is 0 Å². The lowest BCUT2D eigenvalue weighted by Gasteiger charge is -2.07. The van der Waals surface area contributed by atoms with Gasteiger partial charge >= 0.3 is 0 Å². The van der Waals surface area contributed by atoms with Crippen molar-refractivity contribution in [2.45, 2.75) is 13.3 Å². The lowest BCUT2D eigenvalue weighted by molar-refractivity contribution is -0.115. The van der Waals surface area contributed by atoms with Crippen LogP contribution in [0, 0.1) is 22.5 Å². The van der Waals surface area contributed by atoms with Crippen molar-refractivity contribution in [3.05, 3.63) is 42.8 Å². The Morgan fingerprint density at radius 2 is 2.15 bits per heavy atom. The second-order valence-corrected chi connectivity index (χ2v) is 6.66. The maximum Gasteiger partial charge on any atom is 0.229 e. The number of halogens is 3. The fourth-order valence-corrected chi connectivity index (χ4v) is 3.17. The van der Waals surface area contributed by atoms with Gasteiger partial charge in [0.25, 0.3) is 0 Å². The summed E-state index contributed by atoms with van der Waals surface area (Å²) in [7, 11) is 0. The number of hydrogen-bond donors (Lipinski definition) is 2. The van der Waals surface area contributed by atoms with Gasteiger partial charge in [-0.3, -0.25) is 4.79 Å². The monoisotopic (exact) mass is 378 g/mol. The third kappa shape index (κ3) is 3.50. The van der Waals surface area contributed by atoms with Gasteiger partial charge in [0.15, 0.2) is 3.95 Å². The molecule has 0 fully saturated rings. The van der Waals surface area contributed by atoms with Crippen LogP contribution in [0.15, 0.2) is 16.6 Å². The first-order chi connectivity index (χ1) is 9.36. The number of aromatic amines is 1. The van der Waals surface area contributed by atoms with Gasteiger partial charge < -0.3 is 10.3 Å². The minimum absolute atomic E-state index is 0.00690. The summed E-state index contributed by atoms with van der Waals surface area (Å²) in [6, 6.07) is 1.90. The van der Waals surface area contributed by atoms with Crippen LogP contribution in [0.5, 0.6) is 0 Å². The van der Waals surface area contributed by atoms with Crippen molar-refractivity contribution in [1.82, 2.24) is 4.98 Å². The molecule has 0 aliphatic rings. The van der Waals surface area contributed by atoms with Crippen LogP contribution in [-0.4, -0.2) is 10.9 Å². The summed E-state index contributed by atoms with van der Waals surface area (Å²) in [5.74, 6) is -1.78. The van der Waals surface area contributed by atoms with Gasteiger partial charge in [-0.2, -0.15) is 0 Å². The molecule has 0 spiro atoms. The zero-order valence-corrected chi connectivity index (χ0v) is 13.4.